The molecule has 1 aliphatic rings. The molecule has 0 aliphatic carbocycles. The second-order valence-corrected chi connectivity index (χ2v) is 5.28. The minimum absolute atomic E-state index is 0.163. The molecule has 2 nitrogen and oxygen atoms in total. The fraction of sp³-hybridized carbons (Fsp3) is 0.158. The van der Waals surface area contributed by atoms with Gasteiger partial charge in [0.05, 0.1) is 6.42 Å². The molecule has 0 bridgehead atoms. The maximum Gasteiger partial charge on any atom is 0.391 e. The van der Waals surface area contributed by atoms with E-state index >= 15 is 0 Å². The summed E-state index contributed by atoms with van der Waals surface area (Å²) in [6.45, 7) is 0.645. The Morgan fingerprint density at radius 2 is 1.48 bits per heavy atom. The molecule has 0 fully saturated rings. The van der Waals surface area contributed by atoms with Crippen molar-refractivity contribution in [1.82, 2.24) is 0 Å². The number of allylic oxidation sites excluding steroid dienone is 1. The van der Waals surface area contributed by atoms with E-state index in [4.69, 9.17) is 0 Å². The molecule has 0 saturated carbocycles. The van der Waals surface area contributed by atoms with E-state index in [2.05, 4.69) is 24.3 Å². The summed E-state index contributed by atoms with van der Waals surface area (Å²) in [4.78, 5) is 12.0. The second kappa shape index (κ2) is 6.31. The highest BCUT2D eigenvalue weighted by Gasteiger charge is 2.21. The number of nitrogens with zero attached hydrogens (tertiary/aromatic N) is 1. The minimum atomic E-state index is 0.163. The Morgan fingerprint density at radius 3 is 2.14 bits per heavy atom. The van der Waals surface area contributed by atoms with Crippen molar-refractivity contribution < 1.29 is 9.37 Å². The van der Waals surface area contributed by atoms with E-state index in [1.54, 1.807) is 0 Å². The van der Waals surface area contributed by atoms with Gasteiger partial charge in [0.1, 0.15) is 0 Å². The first-order valence-corrected chi connectivity index (χ1v) is 7.22. The molecule has 3 rings (SSSR count). The Hall–Kier alpha value is -2.48. The lowest BCUT2D eigenvalue weighted by molar-refractivity contribution is -0.460. The number of carbonyl (C=O) groups excluding carboxylic acids is 1. The third-order valence-corrected chi connectivity index (χ3v) is 3.63. The average molecular weight is 276 g/mol. The van der Waals surface area contributed by atoms with Crippen LogP contribution in [0, 0.1) is 0 Å². The molecule has 0 radical (unpaired) electrons. The Balaban J connectivity index is 1.76. The fourth-order valence-electron chi connectivity index (χ4n) is 2.52. The molecule has 104 valence electrons. The van der Waals surface area contributed by atoms with E-state index in [1.807, 2.05) is 53.3 Å². The van der Waals surface area contributed by atoms with Gasteiger partial charge in [0.25, 0.3) is 0 Å². The number of amides is 1. The zero-order chi connectivity index (χ0) is 14.5. The van der Waals surface area contributed by atoms with Gasteiger partial charge in [-0.15, -0.1) is 0 Å². The molecule has 1 amide bonds. The van der Waals surface area contributed by atoms with Crippen molar-refractivity contribution in [3.63, 3.8) is 0 Å². The molecule has 0 spiro atoms. The van der Waals surface area contributed by atoms with Gasteiger partial charge >= 0.3 is 5.91 Å². The highest BCUT2D eigenvalue weighted by atomic mass is 16.2. The molecular formula is C19H18NO+. The van der Waals surface area contributed by atoms with Gasteiger partial charge in [0.15, 0.2) is 12.8 Å². The summed E-state index contributed by atoms with van der Waals surface area (Å²) in [6.07, 6.45) is 5.40. The van der Waals surface area contributed by atoms with Crippen LogP contribution in [0.1, 0.15) is 17.5 Å². The second-order valence-electron chi connectivity index (χ2n) is 5.28. The van der Waals surface area contributed by atoms with E-state index in [-0.39, 0.29) is 5.91 Å². The smallest absolute Gasteiger partial charge is 0.219 e. The van der Waals surface area contributed by atoms with Crippen LogP contribution in [-0.2, 0) is 17.8 Å². The molecule has 0 N–H and O–H groups in total. The number of rotatable bonds is 4. The van der Waals surface area contributed by atoms with Gasteiger partial charge in [-0.25, -0.2) is 4.79 Å². The van der Waals surface area contributed by atoms with E-state index in [9.17, 15) is 4.79 Å². The molecule has 2 aromatic rings. The average Bonchev–Trinajstić information content (AvgIpc) is 2.53. The van der Waals surface area contributed by atoms with Crippen LogP contribution < -0.4 is 0 Å². The molecule has 1 heterocycles. The van der Waals surface area contributed by atoms with Crippen LogP contribution in [0.25, 0.3) is 0 Å². The fourth-order valence-corrected chi connectivity index (χ4v) is 2.52. The zero-order valence-electron chi connectivity index (χ0n) is 11.9. The highest BCUT2D eigenvalue weighted by molar-refractivity contribution is 5.86. The van der Waals surface area contributed by atoms with Crippen LogP contribution in [-0.4, -0.2) is 16.7 Å². The first kappa shape index (κ1) is 13.5. The quantitative estimate of drug-likeness (QED) is 0.784. The van der Waals surface area contributed by atoms with E-state index < -0.39 is 0 Å². The third kappa shape index (κ3) is 3.54. The summed E-state index contributed by atoms with van der Waals surface area (Å²) in [5.74, 6) is 0.163. The monoisotopic (exact) mass is 276 g/mol. The lowest BCUT2D eigenvalue weighted by atomic mass is 10.0. The zero-order valence-corrected chi connectivity index (χ0v) is 11.9. The van der Waals surface area contributed by atoms with Crippen LogP contribution in [0.4, 0.5) is 0 Å². The Morgan fingerprint density at radius 1 is 0.857 bits per heavy atom. The lowest BCUT2D eigenvalue weighted by Gasteiger charge is -2.08. The minimum Gasteiger partial charge on any atom is -0.219 e. The summed E-state index contributed by atoms with van der Waals surface area (Å²) in [7, 11) is 0. The van der Waals surface area contributed by atoms with Crippen molar-refractivity contribution in [3.8, 4) is 0 Å². The summed E-state index contributed by atoms with van der Waals surface area (Å²) < 4.78 is 1.83. The Kier molecular flexibility index (Phi) is 4.06. The van der Waals surface area contributed by atoms with Crippen LogP contribution in [0.15, 0.2) is 72.3 Å². The molecule has 21 heavy (non-hydrogen) atoms. The number of benzene rings is 2. The van der Waals surface area contributed by atoms with Gasteiger partial charge in [-0.3, -0.25) is 0 Å². The first-order valence-electron chi connectivity index (χ1n) is 7.22. The van der Waals surface area contributed by atoms with Crippen LogP contribution in [0.2, 0.25) is 0 Å². The van der Waals surface area contributed by atoms with Crippen LogP contribution in [0.5, 0.6) is 0 Å². The van der Waals surface area contributed by atoms with Crippen molar-refractivity contribution in [2.75, 3.05) is 0 Å². The molecule has 0 atom stereocenters. The Bertz CT molecular complexity index is 684. The van der Waals surface area contributed by atoms with Gasteiger partial charge in [0.2, 0.25) is 0 Å². The Labute approximate surface area is 125 Å². The van der Waals surface area contributed by atoms with E-state index in [0.717, 1.165) is 12.0 Å². The number of hydrogen-bond acceptors (Lipinski definition) is 1. The highest BCUT2D eigenvalue weighted by Crippen LogP contribution is 2.12. The maximum atomic E-state index is 12.0. The standard InChI is InChI=1S/C19H18NO/c21-19-12-11-18(13-16-7-3-1-4-8-16)15-20(19)14-17-9-5-2-6-10-17/h1-11,15H,12-14H2/q+1. The summed E-state index contributed by atoms with van der Waals surface area (Å²) in [5.41, 5.74) is 3.63. The van der Waals surface area contributed by atoms with Crippen molar-refractivity contribution in [3.05, 3.63) is 83.4 Å². The number of hydrogen-bond donors (Lipinski definition) is 0. The molecule has 0 aromatic heterocycles. The van der Waals surface area contributed by atoms with Crippen LogP contribution >= 0.6 is 0 Å². The molecular weight excluding hydrogens is 258 g/mol. The molecule has 1 aliphatic heterocycles. The lowest BCUT2D eigenvalue weighted by Crippen LogP contribution is -2.25. The normalized spacial score (nSPS) is 14.6. The largest absolute Gasteiger partial charge is 0.391 e. The van der Waals surface area contributed by atoms with Crippen molar-refractivity contribution in [1.29, 1.82) is 0 Å². The predicted molar refractivity (Wildman–Crippen MR) is 84.3 cm³/mol. The number of carbonyl (C=O) groups is 1. The summed E-state index contributed by atoms with van der Waals surface area (Å²) in [5, 5.41) is 0. The molecule has 0 saturated heterocycles. The third-order valence-electron chi connectivity index (χ3n) is 3.63. The predicted octanol–water partition coefficient (Wildman–Crippen LogP) is 3.37. The van der Waals surface area contributed by atoms with Crippen molar-refractivity contribution in [2.45, 2.75) is 19.4 Å². The van der Waals surface area contributed by atoms with Crippen molar-refractivity contribution >= 4 is 12.1 Å². The summed E-state index contributed by atoms with van der Waals surface area (Å²) >= 11 is 0. The van der Waals surface area contributed by atoms with Gasteiger partial charge in [-0.1, -0.05) is 66.7 Å². The van der Waals surface area contributed by atoms with Gasteiger partial charge in [-0.05, 0) is 5.56 Å². The molecule has 0 unspecified atom stereocenters. The molecule has 2 heteroatoms. The van der Waals surface area contributed by atoms with Gasteiger partial charge < -0.3 is 0 Å². The van der Waals surface area contributed by atoms with Crippen molar-refractivity contribution in [2.24, 2.45) is 0 Å². The van der Waals surface area contributed by atoms with E-state index in [0.29, 0.717) is 13.0 Å². The summed E-state index contributed by atoms with van der Waals surface area (Å²) in [6, 6.07) is 20.5. The topological polar surface area (TPSA) is 20.1 Å². The SMILES string of the molecule is O=C1CC=C(Cc2ccccc2)C=[N+]1Cc1ccccc1. The molecule has 2 aromatic carbocycles. The van der Waals surface area contributed by atoms with Gasteiger partial charge in [-0.2, -0.15) is 4.58 Å². The van der Waals surface area contributed by atoms with Gasteiger partial charge in [0, 0.05) is 17.6 Å². The maximum absolute atomic E-state index is 12.0. The van der Waals surface area contributed by atoms with E-state index in [1.165, 1.54) is 11.1 Å². The first-order chi connectivity index (χ1) is 10.3. The van der Waals surface area contributed by atoms with Crippen LogP contribution in [0.3, 0.4) is 0 Å².